The molecule has 0 spiro atoms. The van der Waals surface area contributed by atoms with E-state index in [-0.39, 0.29) is 35.0 Å². The molecule has 0 saturated carbocycles. The second-order valence-corrected chi connectivity index (χ2v) is 5.39. The van der Waals surface area contributed by atoms with Crippen molar-refractivity contribution in [3.05, 3.63) is 32.5 Å². The van der Waals surface area contributed by atoms with Gasteiger partial charge in [-0.15, -0.1) is 0 Å². The second-order valence-electron chi connectivity index (χ2n) is 4.54. The lowest BCUT2D eigenvalue weighted by Gasteiger charge is -2.27. The molecule has 0 N–H and O–H groups in total. The molecule has 1 aromatic rings. The zero-order chi connectivity index (χ0) is 16.2. The standard InChI is InChI=1S/C13H16BrFN2O4/c1-4-21-13(18)7-16(8(2)3)11-6-10(15)9(14)5-12(11)17(19)20/h5-6,8H,4,7H2,1-3H3. The Bertz CT molecular complexity index is 551. The molecular weight excluding hydrogens is 347 g/mol. The highest BCUT2D eigenvalue weighted by Gasteiger charge is 2.26. The fourth-order valence-corrected chi connectivity index (χ4v) is 2.13. The molecule has 0 fully saturated rings. The van der Waals surface area contributed by atoms with Crippen molar-refractivity contribution in [2.75, 3.05) is 18.1 Å². The van der Waals surface area contributed by atoms with Gasteiger partial charge in [0.2, 0.25) is 0 Å². The predicted molar refractivity (Wildman–Crippen MR) is 79.9 cm³/mol. The van der Waals surface area contributed by atoms with Gasteiger partial charge in [-0.3, -0.25) is 14.9 Å². The third-order valence-corrected chi connectivity index (χ3v) is 3.36. The van der Waals surface area contributed by atoms with Crippen LogP contribution in [0.2, 0.25) is 0 Å². The SMILES string of the molecule is CCOC(=O)CN(c1cc(F)c(Br)cc1[N+](=O)[O-])C(C)C. The highest BCUT2D eigenvalue weighted by molar-refractivity contribution is 9.10. The lowest BCUT2D eigenvalue weighted by atomic mass is 10.2. The van der Waals surface area contributed by atoms with Gasteiger partial charge in [0.15, 0.2) is 0 Å². The summed E-state index contributed by atoms with van der Waals surface area (Å²) in [5.41, 5.74) is -0.231. The fourth-order valence-electron chi connectivity index (χ4n) is 1.79. The number of ether oxygens (including phenoxy) is 1. The number of carbonyl (C=O) groups is 1. The van der Waals surface area contributed by atoms with Crippen molar-refractivity contribution in [3.63, 3.8) is 0 Å². The molecule has 0 radical (unpaired) electrons. The van der Waals surface area contributed by atoms with E-state index in [1.54, 1.807) is 20.8 Å². The van der Waals surface area contributed by atoms with Gasteiger partial charge >= 0.3 is 5.97 Å². The molecule has 1 rings (SSSR count). The summed E-state index contributed by atoms with van der Waals surface area (Å²) in [6, 6.07) is 1.89. The van der Waals surface area contributed by atoms with Gasteiger partial charge in [-0.25, -0.2) is 4.39 Å². The minimum Gasteiger partial charge on any atom is -0.465 e. The van der Waals surface area contributed by atoms with Crippen LogP contribution in [-0.4, -0.2) is 30.1 Å². The van der Waals surface area contributed by atoms with Crippen molar-refractivity contribution in [2.24, 2.45) is 0 Å². The van der Waals surface area contributed by atoms with Crippen LogP contribution in [0.3, 0.4) is 0 Å². The van der Waals surface area contributed by atoms with Crippen LogP contribution in [0, 0.1) is 15.9 Å². The van der Waals surface area contributed by atoms with E-state index in [4.69, 9.17) is 4.74 Å². The summed E-state index contributed by atoms with van der Waals surface area (Å²) in [7, 11) is 0. The van der Waals surface area contributed by atoms with E-state index in [1.807, 2.05) is 0 Å². The van der Waals surface area contributed by atoms with Crippen LogP contribution in [-0.2, 0) is 9.53 Å². The molecule has 1 aromatic carbocycles. The minimum absolute atomic E-state index is 0.00205. The highest BCUT2D eigenvalue weighted by Crippen LogP contribution is 2.34. The smallest absolute Gasteiger partial charge is 0.325 e. The van der Waals surface area contributed by atoms with Gasteiger partial charge in [0.25, 0.3) is 5.69 Å². The van der Waals surface area contributed by atoms with Crippen molar-refractivity contribution in [3.8, 4) is 0 Å². The van der Waals surface area contributed by atoms with Gasteiger partial charge < -0.3 is 9.64 Å². The van der Waals surface area contributed by atoms with Gasteiger partial charge in [0.05, 0.1) is 16.0 Å². The van der Waals surface area contributed by atoms with Crippen LogP contribution < -0.4 is 4.90 Å². The van der Waals surface area contributed by atoms with Crippen molar-refractivity contribution >= 4 is 33.3 Å². The molecule has 0 amide bonds. The summed E-state index contributed by atoms with van der Waals surface area (Å²) in [5, 5.41) is 11.1. The summed E-state index contributed by atoms with van der Waals surface area (Å²) < 4.78 is 18.6. The fraction of sp³-hybridized carbons (Fsp3) is 0.462. The zero-order valence-corrected chi connectivity index (χ0v) is 13.5. The van der Waals surface area contributed by atoms with Gasteiger partial charge in [-0.1, -0.05) is 0 Å². The molecule has 0 saturated heterocycles. The quantitative estimate of drug-likeness (QED) is 0.441. The molecule has 6 nitrogen and oxygen atoms in total. The first-order chi connectivity index (χ1) is 9.77. The summed E-state index contributed by atoms with van der Waals surface area (Å²) in [6.45, 7) is 5.19. The molecule has 116 valence electrons. The summed E-state index contributed by atoms with van der Waals surface area (Å²) >= 11 is 2.92. The molecule has 0 atom stereocenters. The Hall–Kier alpha value is -1.70. The molecule has 0 aliphatic heterocycles. The number of benzene rings is 1. The summed E-state index contributed by atoms with van der Waals surface area (Å²) in [5.74, 6) is -1.16. The minimum atomic E-state index is -0.634. The Balaban J connectivity index is 3.27. The number of halogens is 2. The Kier molecular flexibility index (Phi) is 6.07. The lowest BCUT2D eigenvalue weighted by molar-refractivity contribution is -0.384. The van der Waals surface area contributed by atoms with E-state index in [9.17, 15) is 19.3 Å². The van der Waals surface area contributed by atoms with Gasteiger partial charge in [0.1, 0.15) is 18.0 Å². The number of hydrogen-bond donors (Lipinski definition) is 0. The largest absolute Gasteiger partial charge is 0.465 e. The van der Waals surface area contributed by atoms with Crippen molar-refractivity contribution < 1.29 is 18.8 Å². The first-order valence-electron chi connectivity index (χ1n) is 6.33. The molecule has 0 heterocycles. The average Bonchev–Trinajstić information content (AvgIpc) is 2.38. The molecule has 0 aliphatic carbocycles. The van der Waals surface area contributed by atoms with Crippen LogP contribution in [0.5, 0.6) is 0 Å². The normalized spacial score (nSPS) is 10.6. The zero-order valence-electron chi connectivity index (χ0n) is 11.9. The van der Waals surface area contributed by atoms with Gasteiger partial charge in [-0.2, -0.15) is 0 Å². The molecule has 0 bridgehead atoms. The number of anilines is 1. The molecule has 8 heteroatoms. The third-order valence-electron chi connectivity index (χ3n) is 2.75. The maximum absolute atomic E-state index is 13.7. The summed E-state index contributed by atoms with van der Waals surface area (Å²) in [4.78, 5) is 23.6. The summed E-state index contributed by atoms with van der Waals surface area (Å²) in [6.07, 6.45) is 0. The van der Waals surface area contributed by atoms with Crippen LogP contribution in [0.4, 0.5) is 15.8 Å². The Morgan fingerprint density at radius 3 is 2.62 bits per heavy atom. The molecule has 0 aliphatic rings. The average molecular weight is 363 g/mol. The van der Waals surface area contributed by atoms with Crippen molar-refractivity contribution in [2.45, 2.75) is 26.8 Å². The number of rotatable bonds is 6. The lowest BCUT2D eigenvalue weighted by Crippen LogP contribution is -2.37. The topological polar surface area (TPSA) is 72.7 Å². The molecule has 21 heavy (non-hydrogen) atoms. The Morgan fingerprint density at radius 2 is 2.14 bits per heavy atom. The predicted octanol–water partition coefficient (Wildman–Crippen LogP) is 3.27. The number of esters is 1. The number of nitrogens with zero attached hydrogens (tertiary/aromatic N) is 2. The second kappa shape index (κ2) is 7.35. The van der Waals surface area contributed by atoms with Crippen LogP contribution in [0.25, 0.3) is 0 Å². The van der Waals surface area contributed by atoms with E-state index in [1.165, 1.54) is 4.90 Å². The first kappa shape index (κ1) is 17.4. The van der Waals surface area contributed by atoms with Gasteiger partial charge in [-0.05, 0) is 36.7 Å². The number of hydrogen-bond acceptors (Lipinski definition) is 5. The maximum Gasteiger partial charge on any atom is 0.325 e. The van der Waals surface area contributed by atoms with Crippen LogP contribution in [0.1, 0.15) is 20.8 Å². The van der Waals surface area contributed by atoms with Gasteiger partial charge in [0, 0.05) is 18.2 Å². The van der Waals surface area contributed by atoms with E-state index in [0.717, 1.165) is 12.1 Å². The third kappa shape index (κ3) is 4.38. The molecular formula is C13H16BrFN2O4. The van der Waals surface area contributed by atoms with Crippen LogP contribution in [0.15, 0.2) is 16.6 Å². The van der Waals surface area contributed by atoms with E-state index in [0.29, 0.717) is 0 Å². The van der Waals surface area contributed by atoms with E-state index in [2.05, 4.69) is 15.9 Å². The Labute approximate surface area is 130 Å². The van der Waals surface area contributed by atoms with E-state index < -0.39 is 16.7 Å². The first-order valence-corrected chi connectivity index (χ1v) is 7.12. The van der Waals surface area contributed by atoms with E-state index >= 15 is 0 Å². The number of nitro benzene ring substituents is 1. The highest BCUT2D eigenvalue weighted by atomic mass is 79.9. The molecule has 0 unspecified atom stereocenters. The molecule has 0 aromatic heterocycles. The maximum atomic E-state index is 13.7. The van der Waals surface area contributed by atoms with Crippen LogP contribution >= 0.6 is 15.9 Å². The Morgan fingerprint density at radius 1 is 1.52 bits per heavy atom. The number of nitro groups is 1. The van der Waals surface area contributed by atoms with Crippen molar-refractivity contribution in [1.29, 1.82) is 0 Å². The monoisotopic (exact) mass is 362 g/mol. The number of carbonyl (C=O) groups excluding carboxylic acids is 1. The van der Waals surface area contributed by atoms with Crippen molar-refractivity contribution in [1.82, 2.24) is 0 Å².